The summed E-state index contributed by atoms with van der Waals surface area (Å²) in [7, 11) is 1.64. The summed E-state index contributed by atoms with van der Waals surface area (Å²) in [6, 6.07) is 23.5. The van der Waals surface area contributed by atoms with Crippen molar-refractivity contribution in [1.29, 1.82) is 0 Å². The van der Waals surface area contributed by atoms with Gasteiger partial charge < -0.3 is 9.84 Å². The molecule has 0 radical (unpaired) electrons. The SMILES string of the molecule is COc1ccc2ccccc2c1-c1c([O-])ccc2ccccc12.[Li+]. The van der Waals surface area contributed by atoms with Gasteiger partial charge in [-0.1, -0.05) is 66.7 Å². The second-order valence-electron chi connectivity index (χ2n) is 5.52. The van der Waals surface area contributed by atoms with Gasteiger partial charge >= 0.3 is 18.9 Å². The predicted molar refractivity (Wildman–Crippen MR) is 92.9 cm³/mol. The van der Waals surface area contributed by atoms with E-state index in [9.17, 15) is 5.11 Å². The third kappa shape index (κ3) is 2.55. The van der Waals surface area contributed by atoms with E-state index in [0.29, 0.717) is 5.56 Å². The fraction of sp³-hybridized carbons (Fsp3) is 0.0476. The average molecular weight is 306 g/mol. The van der Waals surface area contributed by atoms with Crippen molar-refractivity contribution in [3.63, 3.8) is 0 Å². The quantitative estimate of drug-likeness (QED) is 0.529. The Morgan fingerprint density at radius 3 is 1.83 bits per heavy atom. The monoisotopic (exact) mass is 306 g/mol. The summed E-state index contributed by atoms with van der Waals surface area (Å²) in [4.78, 5) is 0. The fourth-order valence-electron chi connectivity index (χ4n) is 3.19. The molecule has 0 bridgehead atoms. The van der Waals surface area contributed by atoms with E-state index in [-0.39, 0.29) is 24.6 Å². The zero-order valence-electron chi connectivity index (χ0n) is 13.7. The molecule has 0 aliphatic rings. The first-order valence-corrected chi connectivity index (χ1v) is 7.54. The van der Waals surface area contributed by atoms with Crippen molar-refractivity contribution in [3.8, 4) is 22.6 Å². The second kappa shape index (κ2) is 6.61. The van der Waals surface area contributed by atoms with Crippen molar-refractivity contribution < 1.29 is 28.7 Å². The molecule has 0 heterocycles. The van der Waals surface area contributed by atoms with E-state index in [1.807, 2.05) is 66.7 Å². The summed E-state index contributed by atoms with van der Waals surface area (Å²) in [5.74, 6) is 0.732. The smallest absolute Gasteiger partial charge is 0.872 e. The van der Waals surface area contributed by atoms with E-state index >= 15 is 0 Å². The fourth-order valence-corrected chi connectivity index (χ4v) is 3.19. The van der Waals surface area contributed by atoms with E-state index < -0.39 is 0 Å². The van der Waals surface area contributed by atoms with Crippen molar-refractivity contribution in [2.75, 3.05) is 7.11 Å². The molecule has 0 N–H and O–H groups in total. The molecule has 4 aromatic rings. The summed E-state index contributed by atoms with van der Waals surface area (Å²) in [6.45, 7) is 0. The molecule has 4 aromatic carbocycles. The first kappa shape index (κ1) is 16.5. The molecule has 0 unspecified atom stereocenters. The molecule has 0 atom stereocenters. The average Bonchev–Trinajstić information content (AvgIpc) is 2.61. The maximum atomic E-state index is 12.7. The van der Waals surface area contributed by atoms with Crippen LogP contribution in [0.2, 0.25) is 0 Å². The molecular formula is C21H15LiO2. The summed E-state index contributed by atoms with van der Waals surface area (Å²) in [5.41, 5.74) is 1.57. The van der Waals surface area contributed by atoms with E-state index in [2.05, 4.69) is 0 Å². The first-order chi connectivity index (χ1) is 11.3. The number of ether oxygens (including phenoxy) is 1. The standard InChI is InChI=1S/C21H16O2.Li/c1-23-19-13-11-15-7-3-5-9-17(15)21(19)20-16-8-4-2-6-14(16)10-12-18(20)22;/h2-13,22H,1H3;/q;+1/p-1. The van der Waals surface area contributed by atoms with Gasteiger partial charge in [-0.15, -0.1) is 5.75 Å². The van der Waals surface area contributed by atoms with E-state index in [1.54, 1.807) is 13.2 Å². The van der Waals surface area contributed by atoms with Crippen LogP contribution in [0.1, 0.15) is 0 Å². The second-order valence-corrected chi connectivity index (χ2v) is 5.52. The molecule has 4 rings (SSSR count). The molecule has 0 spiro atoms. The van der Waals surface area contributed by atoms with Crippen LogP contribution in [0.5, 0.6) is 11.5 Å². The molecule has 0 saturated heterocycles. The Kier molecular flexibility index (Phi) is 4.53. The van der Waals surface area contributed by atoms with Gasteiger partial charge in [-0.25, -0.2) is 0 Å². The number of fused-ring (bicyclic) bond motifs is 2. The van der Waals surface area contributed by atoms with Crippen molar-refractivity contribution in [2.45, 2.75) is 0 Å². The van der Waals surface area contributed by atoms with Gasteiger partial charge in [0.05, 0.1) is 7.11 Å². The van der Waals surface area contributed by atoms with Gasteiger partial charge in [0.15, 0.2) is 0 Å². The van der Waals surface area contributed by atoms with E-state index in [0.717, 1.165) is 32.9 Å². The number of methoxy groups -OCH3 is 1. The Bertz CT molecular complexity index is 1020. The van der Waals surface area contributed by atoms with Crippen LogP contribution in [-0.2, 0) is 0 Å². The van der Waals surface area contributed by atoms with Crippen molar-refractivity contribution in [3.05, 3.63) is 72.8 Å². The number of hydrogen-bond acceptors (Lipinski definition) is 2. The molecule has 0 amide bonds. The van der Waals surface area contributed by atoms with E-state index in [1.165, 1.54) is 0 Å². The summed E-state index contributed by atoms with van der Waals surface area (Å²) in [5, 5.41) is 16.8. The van der Waals surface area contributed by atoms with Crippen LogP contribution >= 0.6 is 0 Å². The van der Waals surface area contributed by atoms with Gasteiger partial charge in [0.1, 0.15) is 5.75 Å². The normalized spacial score (nSPS) is 10.5. The van der Waals surface area contributed by atoms with Gasteiger partial charge in [0.2, 0.25) is 0 Å². The minimum atomic E-state index is 0. The van der Waals surface area contributed by atoms with Crippen LogP contribution in [0.4, 0.5) is 0 Å². The molecule has 0 aliphatic carbocycles. The molecule has 24 heavy (non-hydrogen) atoms. The maximum Gasteiger partial charge on any atom is 1.00 e. The summed E-state index contributed by atoms with van der Waals surface area (Å²) in [6.07, 6.45) is 0. The Hall–Kier alpha value is -2.40. The Morgan fingerprint density at radius 1 is 0.667 bits per heavy atom. The van der Waals surface area contributed by atoms with Crippen LogP contribution in [0.15, 0.2) is 72.8 Å². The van der Waals surface area contributed by atoms with Crippen LogP contribution in [0.25, 0.3) is 32.7 Å². The van der Waals surface area contributed by atoms with Crippen molar-refractivity contribution in [1.82, 2.24) is 0 Å². The Morgan fingerprint density at radius 2 is 1.21 bits per heavy atom. The zero-order chi connectivity index (χ0) is 15.8. The molecule has 0 saturated carbocycles. The maximum absolute atomic E-state index is 12.7. The van der Waals surface area contributed by atoms with Gasteiger partial charge in [0.25, 0.3) is 0 Å². The Balaban J connectivity index is 0.00000169. The molecule has 3 heteroatoms. The molecule has 0 fully saturated rings. The van der Waals surface area contributed by atoms with Gasteiger partial charge in [-0.3, -0.25) is 0 Å². The molecular weight excluding hydrogens is 291 g/mol. The third-order valence-corrected chi connectivity index (χ3v) is 4.25. The van der Waals surface area contributed by atoms with E-state index in [4.69, 9.17) is 4.74 Å². The van der Waals surface area contributed by atoms with Gasteiger partial charge in [-0.05, 0) is 33.2 Å². The summed E-state index contributed by atoms with van der Waals surface area (Å²) < 4.78 is 5.57. The largest absolute Gasteiger partial charge is 1.00 e. The third-order valence-electron chi connectivity index (χ3n) is 4.25. The van der Waals surface area contributed by atoms with Crippen molar-refractivity contribution >= 4 is 21.5 Å². The van der Waals surface area contributed by atoms with Crippen LogP contribution in [0.3, 0.4) is 0 Å². The minimum Gasteiger partial charge on any atom is -0.872 e. The van der Waals surface area contributed by atoms with Crippen LogP contribution in [-0.4, -0.2) is 7.11 Å². The number of benzene rings is 4. The molecule has 112 valence electrons. The van der Waals surface area contributed by atoms with Gasteiger partial charge in [0, 0.05) is 5.56 Å². The minimum absolute atomic E-state index is 0. The molecule has 2 nitrogen and oxygen atoms in total. The topological polar surface area (TPSA) is 32.3 Å². The zero-order valence-corrected chi connectivity index (χ0v) is 13.7. The number of hydrogen-bond donors (Lipinski definition) is 0. The molecule has 0 aromatic heterocycles. The van der Waals surface area contributed by atoms with Crippen LogP contribution in [0, 0.1) is 0 Å². The number of rotatable bonds is 2. The van der Waals surface area contributed by atoms with Crippen LogP contribution < -0.4 is 28.7 Å². The van der Waals surface area contributed by atoms with Crippen molar-refractivity contribution in [2.24, 2.45) is 0 Å². The summed E-state index contributed by atoms with van der Waals surface area (Å²) >= 11 is 0. The first-order valence-electron chi connectivity index (χ1n) is 7.54. The van der Waals surface area contributed by atoms with Gasteiger partial charge in [-0.2, -0.15) is 0 Å². The predicted octanol–water partition coefficient (Wildman–Crippen LogP) is 1.75. The molecule has 0 aliphatic heterocycles. The Labute approximate surface area is 152 Å².